The van der Waals surface area contributed by atoms with E-state index in [1.54, 1.807) is 4.31 Å². The molecular weight excluding hydrogens is 248 g/mol. The van der Waals surface area contributed by atoms with Gasteiger partial charge in [-0.2, -0.15) is 0 Å². The monoisotopic (exact) mass is 272 g/mol. The van der Waals surface area contributed by atoms with E-state index < -0.39 is 10.0 Å². The van der Waals surface area contributed by atoms with E-state index in [1.807, 2.05) is 0 Å². The Hall–Kier alpha value is -0.390. The molecule has 2 atom stereocenters. The minimum atomic E-state index is -3.01. The molecule has 1 N–H and O–H groups in total. The largest absolute Gasteiger partial charge is 0.313 e. The highest BCUT2D eigenvalue weighted by atomic mass is 32.2. The van der Waals surface area contributed by atoms with E-state index in [1.165, 1.54) is 12.7 Å². The zero-order chi connectivity index (χ0) is 13.0. The van der Waals surface area contributed by atoms with Crippen LogP contribution in [0.4, 0.5) is 0 Å². The third kappa shape index (κ3) is 4.07. The zero-order valence-electron chi connectivity index (χ0n) is 11.1. The van der Waals surface area contributed by atoms with Crippen molar-refractivity contribution in [3.8, 4) is 0 Å². The molecule has 2 unspecified atom stereocenters. The van der Waals surface area contributed by atoms with E-state index in [4.69, 9.17) is 0 Å². The molecular formula is C13H24N2O2S. The Morgan fingerprint density at radius 2 is 2.17 bits per heavy atom. The highest BCUT2D eigenvalue weighted by Crippen LogP contribution is 2.19. The first-order chi connectivity index (χ1) is 8.55. The molecule has 1 heterocycles. The molecule has 0 amide bonds. The molecule has 1 saturated heterocycles. The molecule has 1 aliphatic carbocycles. The summed E-state index contributed by atoms with van der Waals surface area (Å²) in [5.74, 6) is 0.472. The smallest absolute Gasteiger partial charge is 0.211 e. The predicted molar refractivity (Wildman–Crippen MR) is 73.9 cm³/mol. The third-order valence-corrected chi connectivity index (χ3v) is 5.18. The van der Waals surface area contributed by atoms with Crippen molar-refractivity contribution in [1.29, 1.82) is 0 Å². The van der Waals surface area contributed by atoms with Crippen LogP contribution in [0.25, 0.3) is 0 Å². The average molecular weight is 272 g/mol. The Kier molecular flexibility index (Phi) is 4.81. The maximum atomic E-state index is 11.5. The van der Waals surface area contributed by atoms with Gasteiger partial charge in [0.15, 0.2) is 0 Å². The minimum absolute atomic E-state index is 0.472. The molecule has 0 bridgehead atoms. The second kappa shape index (κ2) is 6.17. The lowest BCUT2D eigenvalue weighted by Crippen LogP contribution is -2.44. The number of hydrogen-bond acceptors (Lipinski definition) is 3. The fourth-order valence-electron chi connectivity index (χ4n) is 2.81. The quantitative estimate of drug-likeness (QED) is 0.786. The van der Waals surface area contributed by atoms with Crippen molar-refractivity contribution >= 4 is 10.0 Å². The van der Waals surface area contributed by atoms with Gasteiger partial charge in [-0.25, -0.2) is 12.7 Å². The molecule has 0 radical (unpaired) electrons. The van der Waals surface area contributed by atoms with E-state index in [-0.39, 0.29) is 0 Å². The Morgan fingerprint density at radius 3 is 2.83 bits per heavy atom. The van der Waals surface area contributed by atoms with Gasteiger partial charge in [-0.15, -0.1) is 0 Å². The molecule has 0 saturated carbocycles. The van der Waals surface area contributed by atoms with E-state index in [9.17, 15) is 8.42 Å². The number of piperidine rings is 1. The van der Waals surface area contributed by atoms with Crippen molar-refractivity contribution < 1.29 is 8.42 Å². The van der Waals surface area contributed by atoms with Crippen LogP contribution in [-0.2, 0) is 10.0 Å². The number of nitrogens with one attached hydrogen (secondary N) is 1. The summed E-state index contributed by atoms with van der Waals surface area (Å²) in [6.45, 7) is 2.33. The summed E-state index contributed by atoms with van der Waals surface area (Å²) in [6, 6.07) is 0.587. The molecule has 0 aromatic rings. The molecule has 2 aliphatic rings. The summed E-state index contributed by atoms with van der Waals surface area (Å²) in [5, 5.41) is 3.59. The van der Waals surface area contributed by atoms with Gasteiger partial charge >= 0.3 is 0 Å². The maximum absolute atomic E-state index is 11.5. The number of rotatable bonds is 4. The first-order valence-electron chi connectivity index (χ1n) is 6.89. The lowest BCUT2D eigenvalue weighted by molar-refractivity contribution is 0.253. The number of hydrogen-bond donors (Lipinski definition) is 1. The molecule has 0 aromatic heterocycles. The summed E-state index contributed by atoms with van der Waals surface area (Å²) in [4.78, 5) is 0. The van der Waals surface area contributed by atoms with Gasteiger partial charge in [0.05, 0.1) is 6.26 Å². The lowest BCUT2D eigenvalue weighted by Gasteiger charge is -2.32. The summed E-state index contributed by atoms with van der Waals surface area (Å²) < 4.78 is 24.7. The summed E-state index contributed by atoms with van der Waals surface area (Å²) in [6.07, 6.45) is 11.4. The number of allylic oxidation sites excluding steroid dienone is 1. The van der Waals surface area contributed by atoms with Crippen molar-refractivity contribution in [3.63, 3.8) is 0 Å². The van der Waals surface area contributed by atoms with Crippen LogP contribution in [0.5, 0.6) is 0 Å². The topological polar surface area (TPSA) is 49.4 Å². The molecule has 2 rings (SSSR count). The fraction of sp³-hybridized carbons (Fsp3) is 0.846. The van der Waals surface area contributed by atoms with Gasteiger partial charge < -0.3 is 5.32 Å². The van der Waals surface area contributed by atoms with Gasteiger partial charge in [-0.05, 0) is 44.6 Å². The molecule has 4 nitrogen and oxygen atoms in total. The van der Waals surface area contributed by atoms with Crippen LogP contribution in [0.1, 0.15) is 32.1 Å². The molecule has 18 heavy (non-hydrogen) atoms. The van der Waals surface area contributed by atoms with Crippen LogP contribution in [0, 0.1) is 5.92 Å². The van der Waals surface area contributed by atoms with Gasteiger partial charge in [0.2, 0.25) is 10.0 Å². The van der Waals surface area contributed by atoms with Crippen LogP contribution < -0.4 is 5.32 Å². The van der Waals surface area contributed by atoms with Crippen molar-refractivity contribution in [3.05, 3.63) is 12.2 Å². The Morgan fingerprint density at radius 1 is 1.33 bits per heavy atom. The van der Waals surface area contributed by atoms with E-state index in [0.717, 1.165) is 32.2 Å². The van der Waals surface area contributed by atoms with Crippen LogP contribution in [0.15, 0.2) is 12.2 Å². The Bertz CT molecular complexity index is 392. The first-order valence-corrected chi connectivity index (χ1v) is 8.74. The SMILES string of the molecule is CS(=O)(=O)N1CCCC(CNC2CC=CCC2)C1. The van der Waals surface area contributed by atoms with Crippen LogP contribution in [0.2, 0.25) is 0 Å². The van der Waals surface area contributed by atoms with Crippen LogP contribution in [0.3, 0.4) is 0 Å². The van der Waals surface area contributed by atoms with Gasteiger partial charge in [-0.1, -0.05) is 12.2 Å². The molecule has 1 aliphatic heterocycles. The second-order valence-corrected chi connectivity index (χ2v) is 7.50. The van der Waals surface area contributed by atoms with Crippen molar-refractivity contribution in [1.82, 2.24) is 9.62 Å². The maximum Gasteiger partial charge on any atom is 0.211 e. The molecule has 5 heteroatoms. The van der Waals surface area contributed by atoms with Crippen LogP contribution in [-0.4, -0.2) is 44.7 Å². The summed E-state index contributed by atoms with van der Waals surface area (Å²) in [7, 11) is -3.01. The normalized spacial score (nSPS) is 30.5. The lowest BCUT2D eigenvalue weighted by atomic mass is 9.97. The van der Waals surface area contributed by atoms with E-state index >= 15 is 0 Å². The molecule has 1 fully saturated rings. The average Bonchev–Trinajstić information content (AvgIpc) is 2.37. The molecule has 0 spiro atoms. The number of sulfonamides is 1. The fourth-order valence-corrected chi connectivity index (χ4v) is 3.75. The first kappa shape index (κ1) is 14.0. The zero-order valence-corrected chi connectivity index (χ0v) is 12.0. The highest BCUT2D eigenvalue weighted by Gasteiger charge is 2.26. The van der Waals surface area contributed by atoms with Crippen molar-refractivity contribution in [2.45, 2.75) is 38.1 Å². The van der Waals surface area contributed by atoms with Gasteiger partial charge in [-0.3, -0.25) is 0 Å². The molecule has 0 aromatic carbocycles. The standard InChI is InChI=1S/C13H24N2O2S/c1-18(16,17)15-9-5-6-12(11-15)10-14-13-7-3-2-4-8-13/h2-3,12-14H,4-11H2,1H3. The third-order valence-electron chi connectivity index (χ3n) is 3.92. The Balaban J connectivity index is 1.77. The van der Waals surface area contributed by atoms with Gasteiger partial charge in [0.25, 0.3) is 0 Å². The van der Waals surface area contributed by atoms with E-state index in [0.29, 0.717) is 25.0 Å². The summed E-state index contributed by atoms with van der Waals surface area (Å²) >= 11 is 0. The highest BCUT2D eigenvalue weighted by molar-refractivity contribution is 7.88. The van der Waals surface area contributed by atoms with Crippen LogP contribution >= 0.6 is 0 Å². The number of nitrogens with zero attached hydrogens (tertiary/aromatic N) is 1. The summed E-state index contributed by atoms with van der Waals surface area (Å²) in [5.41, 5.74) is 0. The van der Waals surface area contributed by atoms with Crippen molar-refractivity contribution in [2.24, 2.45) is 5.92 Å². The predicted octanol–water partition coefficient (Wildman–Crippen LogP) is 1.36. The van der Waals surface area contributed by atoms with E-state index in [2.05, 4.69) is 17.5 Å². The Labute approximate surface area is 110 Å². The minimum Gasteiger partial charge on any atom is -0.313 e. The van der Waals surface area contributed by atoms with Gasteiger partial charge in [0.1, 0.15) is 0 Å². The van der Waals surface area contributed by atoms with Crippen molar-refractivity contribution in [2.75, 3.05) is 25.9 Å². The second-order valence-electron chi connectivity index (χ2n) is 5.52. The van der Waals surface area contributed by atoms with Gasteiger partial charge in [0, 0.05) is 19.1 Å². The molecule has 104 valence electrons.